The number of fused-ring (bicyclic) bond motifs is 2. The average molecular weight is 1120 g/mol. The van der Waals surface area contributed by atoms with Crippen LogP contribution in [-0.4, -0.2) is 235 Å². The fourth-order valence-electron chi connectivity index (χ4n) is 10.6. The molecule has 21 nitrogen and oxygen atoms in total. The van der Waals surface area contributed by atoms with Crippen LogP contribution in [0.25, 0.3) is 0 Å². The van der Waals surface area contributed by atoms with Gasteiger partial charge < -0.3 is 91.3 Å². The van der Waals surface area contributed by atoms with Crippen LogP contribution < -0.4 is 11.5 Å². The van der Waals surface area contributed by atoms with Gasteiger partial charge in [-0.05, 0) is 79.2 Å². The van der Waals surface area contributed by atoms with E-state index in [-0.39, 0.29) is 31.6 Å². The second-order valence-corrected chi connectivity index (χ2v) is 22.1. The molecule has 4 heterocycles. The first-order valence-corrected chi connectivity index (χ1v) is 28.4. The largest absolute Gasteiger partial charge is 0.462 e. The molecule has 0 aliphatic carbocycles. The Kier molecular flexibility index (Phi) is 29.9. The van der Waals surface area contributed by atoms with E-state index in [9.17, 15) is 60.7 Å². The number of nitrogens with two attached hydrogens (primary N) is 2. The minimum absolute atomic E-state index is 0.0916. The SMILES string of the molecule is C[C@@H]1[C@H](O)[C@@H](C)/C=C/C=C/C=C/C=C/C=C/C=C/C=C/[C@H](OC2O[C@H](C)[C@@H](O)[C@H](N(CCCN)CCCN)[C@@H]2O)C[C@@H]2O[C@](O)(C[C@@H](O)C[C@@H](O)[C@H](O)CC[C@@H](O)C[C@@H](O)CC(=O)O[C@H]1C)C[C@H](O)[C@H]2C(=O)N1CCN(C)CC1. The summed E-state index contributed by atoms with van der Waals surface area (Å²) in [5.41, 5.74) is 11.8. The molecule has 0 aromatic heterocycles. The molecule has 2 bridgehead atoms. The molecule has 0 aromatic rings. The maximum Gasteiger partial charge on any atom is 0.308 e. The van der Waals surface area contributed by atoms with E-state index in [1.807, 2.05) is 73.6 Å². The van der Waals surface area contributed by atoms with Crippen LogP contribution in [0.1, 0.15) is 91.9 Å². The number of hydrogen-bond donors (Lipinski definition) is 12. The highest BCUT2D eigenvalue weighted by molar-refractivity contribution is 5.80. The first-order valence-electron chi connectivity index (χ1n) is 28.4. The van der Waals surface area contributed by atoms with Crippen molar-refractivity contribution in [1.82, 2.24) is 14.7 Å². The predicted molar refractivity (Wildman–Crippen MR) is 298 cm³/mol. The fraction of sp³-hybridized carbons (Fsp3) is 0.724. The first-order chi connectivity index (χ1) is 37.6. The van der Waals surface area contributed by atoms with Gasteiger partial charge in [0.25, 0.3) is 0 Å². The summed E-state index contributed by atoms with van der Waals surface area (Å²) in [7, 11) is 1.94. The number of aliphatic hydroxyl groups excluding tert-OH is 9. The molecular formula is C58H97N5O16. The zero-order valence-electron chi connectivity index (χ0n) is 47.1. The summed E-state index contributed by atoms with van der Waals surface area (Å²) in [6.45, 7) is 10.5. The van der Waals surface area contributed by atoms with Gasteiger partial charge in [0, 0.05) is 63.7 Å². The van der Waals surface area contributed by atoms with Crippen LogP contribution in [-0.2, 0) is 28.5 Å². The van der Waals surface area contributed by atoms with Gasteiger partial charge in [-0.2, -0.15) is 0 Å². The van der Waals surface area contributed by atoms with E-state index in [0.717, 1.165) is 0 Å². The number of hydrogen-bond acceptors (Lipinski definition) is 20. The van der Waals surface area contributed by atoms with Crippen LogP contribution in [0.15, 0.2) is 85.1 Å². The molecule has 450 valence electrons. The minimum Gasteiger partial charge on any atom is -0.462 e. The molecule has 4 aliphatic rings. The lowest BCUT2D eigenvalue weighted by molar-refractivity contribution is -0.311. The summed E-state index contributed by atoms with van der Waals surface area (Å²) in [5.74, 6) is -5.36. The van der Waals surface area contributed by atoms with Crippen LogP contribution >= 0.6 is 0 Å². The molecule has 0 aromatic carbocycles. The summed E-state index contributed by atoms with van der Waals surface area (Å²) >= 11 is 0. The highest BCUT2D eigenvalue weighted by atomic mass is 16.7. The molecule has 0 radical (unpaired) electrons. The Balaban J connectivity index is 1.68. The van der Waals surface area contributed by atoms with Gasteiger partial charge in [0.15, 0.2) is 12.1 Å². The maximum atomic E-state index is 14.5. The van der Waals surface area contributed by atoms with Crippen molar-refractivity contribution in [3.05, 3.63) is 85.1 Å². The van der Waals surface area contributed by atoms with Crippen molar-refractivity contribution in [2.24, 2.45) is 29.2 Å². The van der Waals surface area contributed by atoms with Crippen molar-refractivity contribution in [2.45, 2.75) is 189 Å². The number of amides is 1. The number of ether oxygens (including phenoxy) is 4. The molecule has 3 fully saturated rings. The summed E-state index contributed by atoms with van der Waals surface area (Å²) in [6, 6.07) is -0.840. The average Bonchev–Trinajstić information content (AvgIpc) is 3.39. The summed E-state index contributed by atoms with van der Waals surface area (Å²) in [6.07, 6.45) is 6.68. The lowest BCUT2D eigenvalue weighted by atomic mass is 9.81. The Labute approximate surface area is 467 Å². The lowest BCUT2D eigenvalue weighted by Crippen LogP contribution is -2.64. The number of carbonyl (C=O) groups excluding carboxylic acids is 2. The number of allylic oxidation sites excluding steroid dienone is 12. The van der Waals surface area contributed by atoms with Crippen LogP contribution in [0.3, 0.4) is 0 Å². The molecule has 21 heteroatoms. The molecule has 4 rings (SSSR count). The van der Waals surface area contributed by atoms with Gasteiger partial charge in [0.1, 0.15) is 12.2 Å². The van der Waals surface area contributed by atoms with Crippen LogP contribution in [0.5, 0.6) is 0 Å². The number of esters is 1. The fourth-order valence-corrected chi connectivity index (χ4v) is 10.6. The Morgan fingerprint density at radius 3 is 1.82 bits per heavy atom. The van der Waals surface area contributed by atoms with Gasteiger partial charge >= 0.3 is 5.97 Å². The summed E-state index contributed by atoms with van der Waals surface area (Å²) in [4.78, 5) is 32.9. The van der Waals surface area contributed by atoms with Gasteiger partial charge in [-0.15, -0.1) is 0 Å². The smallest absolute Gasteiger partial charge is 0.308 e. The second-order valence-electron chi connectivity index (χ2n) is 22.1. The van der Waals surface area contributed by atoms with Crippen LogP contribution in [0.2, 0.25) is 0 Å². The molecule has 0 spiro atoms. The van der Waals surface area contributed by atoms with Gasteiger partial charge in [-0.1, -0.05) is 98.9 Å². The van der Waals surface area contributed by atoms with Crippen molar-refractivity contribution >= 4 is 11.9 Å². The normalized spacial score (nSPS) is 41.1. The number of carbonyl (C=O) groups is 2. The quantitative estimate of drug-likeness (QED) is 0.132. The third kappa shape index (κ3) is 22.6. The van der Waals surface area contributed by atoms with E-state index in [0.29, 0.717) is 65.2 Å². The van der Waals surface area contributed by atoms with Crippen molar-refractivity contribution in [3.8, 4) is 0 Å². The number of aliphatic hydroxyl groups is 10. The molecule has 0 saturated carbocycles. The molecule has 4 aliphatic heterocycles. The molecule has 1 unspecified atom stereocenters. The van der Waals surface area contributed by atoms with Crippen LogP contribution in [0.4, 0.5) is 0 Å². The zero-order chi connectivity index (χ0) is 58.2. The highest BCUT2D eigenvalue weighted by Gasteiger charge is 2.52. The Hall–Kier alpha value is -3.56. The van der Waals surface area contributed by atoms with Gasteiger partial charge in [-0.3, -0.25) is 14.5 Å². The number of nitrogens with zero attached hydrogens (tertiary/aromatic N) is 3. The summed E-state index contributed by atoms with van der Waals surface area (Å²) < 4.78 is 24.7. The van der Waals surface area contributed by atoms with Gasteiger partial charge in [0.2, 0.25) is 5.91 Å². The van der Waals surface area contributed by atoms with Gasteiger partial charge in [-0.25, -0.2) is 0 Å². The molecule has 14 N–H and O–H groups in total. The second kappa shape index (κ2) is 34.8. The Morgan fingerprint density at radius 2 is 1.24 bits per heavy atom. The molecular weight excluding hydrogens is 1020 g/mol. The molecule has 79 heavy (non-hydrogen) atoms. The monoisotopic (exact) mass is 1120 g/mol. The molecule has 3 saturated heterocycles. The third-order valence-corrected chi connectivity index (χ3v) is 15.5. The van der Waals surface area contributed by atoms with Crippen molar-refractivity contribution < 1.29 is 79.6 Å². The van der Waals surface area contributed by atoms with E-state index in [1.165, 1.54) is 0 Å². The number of piperazine rings is 1. The standard InChI is InChI=1S/C58H97N5O16/c1-38-20-16-14-12-10-8-6-7-9-11-13-15-17-21-45(78-57-55(73)52(54(72)41(4)77-57)62(26-18-24-59)27-19-25-60)35-49-51(56(74)63-30-28-61(5)29-31-63)48(69)37-58(75,79-49)36-44(66)33-47(68)46(67)23-22-42(64)32-43(65)34-50(70)76-40(3)39(2)53(38)71/h6-17,20-21,38-49,51-55,57,64-69,71-73,75H,18-19,22-37,59-60H2,1-5H3/b7-6+,10-8+,11-9+,14-12+,15-13+,20-16+,21-17+/t38-,39-,40-,41+,42+,43+,44-,45-,46+,47+,48-,49-,51+,52-,53+,54+,55-,57?,58+/m0/s1. The highest BCUT2D eigenvalue weighted by Crippen LogP contribution is 2.39. The topological polar surface area (TPSA) is 335 Å². The van der Waals surface area contributed by atoms with Gasteiger partial charge in [0.05, 0.1) is 85.5 Å². The number of cyclic esters (lactones) is 1. The zero-order valence-corrected chi connectivity index (χ0v) is 47.1. The third-order valence-electron chi connectivity index (χ3n) is 15.5. The molecule has 1 amide bonds. The van der Waals surface area contributed by atoms with E-state index in [4.69, 9.17) is 30.4 Å². The Bertz CT molecular complexity index is 1990. The van der Waals surface area contributed by atoms with E-state index in [2.05, 4.69) is 4.90 Å². The minimum atomic E-state index is -2.27. The maximum absolute atomic E-state index is 14.5. The predicted octanol–water partition coefficient (Wildman–Crippen LogP) is 0.442. The summed E-state index contributed by atoms with van der Waals surface area (Å²) in [5, 5.41) is 113. The van der Waals surface area contributed by atoms with E-state index in [1.54, 1.807) is 56.1 Å². The molecule has 19 atom stereocenters. The number of rotatable bonds is 10. The van der Waals surface area contributed by atoms with E-state index >= 15 is 0 Å². The van der Waals surface area contributed by atoms with Crippen molar-refractivity contribution in [1.29, 1.82) is 0 Å². The van der Waals surface area contributed by atoms with E-state index < -0.39 is 147 Å². The number of likely N-dealkylation sites (N-methyl/N-ethyl adjacent to an activating group) is 1. The lowest BCUT2D eigenvalue weighted by Gasteiger charge is -2.48. The Morgan fingerprint density at radius 1 is 0.671 bits per heavy atom. The first kappa shape index (κ1) is 67.9. The van der Waals surface area contributed by atoms with Crippen molar-refractivity contribution in [3.63, 3.8) is 0 Å². The van der Waals surface area contributed by atoms with Crippen LogP contribution in [0, 0.1) is 17.8 Å². The van der Waals surface area contributed by atoms with Crippen molar-refractivity contribution in [2.75, 3.05) is 59.4 Å².